The van der Waals surface area contributed by atoms with Crippen molar-refractivity contribution in [1.82, 2.24) is 4.57 Å². The van der Waals surface area contributed by atoms with Crippen LogP contribution in [0.2, 0.25) is 5.02 Å². The van der Waals surface area contributed by atoms with Crippen LogP contribution in [-0.2, 0) is 6.54 Å². The van der Waals surface area contributed by atoms with Crippen molar-refractivity contribution in [2.75, 3.05) is 0 Å². The summed E-state index contributed by atoms with van der Waals surface area (Å²) >= 11 is 6.11. The van der Waals surface area contributed by atoms with Crippen LogP contribution in [0.15, 0.2) is 48.5 Å². The molecule has 3 aromatic carbocycles. The molecule has 0 saturated heterocycles. The normalized spacial score (nSPS) is 11.4. The highest BCUT2D eigenvalue weighted by Gasteiger charge is 2.18. The van der Waals surface area contributed by atoms with Gasteiger partial charge in [-0.2, -0.15) is 0 Å². The van der Waals surface area contributed by atoms with Gasteiger partial charge in [-0.15, -0.1) is 0 Å². The van der Waals surface area contributed by atoms with Crippen LogP contribution >= 0.6 is 11.6 Å². The average Bonchev–Trinajstić information content (AvgIpc) is 2.92. The van der Waals surface area contributed by atoms with Gasteiger partial charge in [0, 0.05) is 33.0 Å². The van der Waals surface area contributed by atoms with Gasteiger partial charge in [-0.1, -0.05) is 23.7 Å². The summed E-state index contributed by atoms with van der Waals surface area (Å²) in [5.41, 5.74) is 7.00. The Labute approximate surface area is 156 Å². The Morgan fingerprint density at radius 3 is 2.44 bits per heavy atom. The minimum atomic E-state index is -1.25. The summed E-state index contributed by atoms with van der Waals surface area (Å²) in [5.74, 6) is -3.86. The number of fused-ring (bicyclic) bond motifs is 3. The molecule has 0 unspecified atom stereocenters. The second kappa shape index (κ2) is 6.32. The number of carbonyl (C=O) groups excluding carboxylic acids is 1. The molecule has 4 aromatic rings. The summed E-state index contributed by atoms with van der Waals surface area (Å²) in [6.45, 7) is -0.0778. The maximum atomic E-state index is 14.2. The first-order valence-electron chi connectivity index (χ1n) is 8.00. The lowest BCUT2D eigenvalue weighted by Gasteiger charge is -2.10. The maximum absolute atomic E-state index is 14.2. The number of amides is 1. The van der Waals surface area contributed by atoms with Gasteiger partial charge < -0.3 is 10.3 Å². The minimum absolute atomic E-state index is 0.0304. The van der Waals surface area contributed by atoms with Gasteiger partial charge in [-0.05, 0) is 30.3 Å². The van der Waals surface area contributed by atoms with Gasteiger partial charge in [0.1, 0.15) is 5.82 Å². The van der Waals surface area contributed by atoms with Crippen LogP contribution in [0.3, 0.4) is 0 Å². The molecule has 4 rings (SSSR count). The quantitative estimate of drug-likeness (QED) is 0.493. The molecule has 0 saturated carbocycles. The summed E-state index contributed by atoms with van der Waals surface area (Å²) in [4.78, 5) is 11.9. The molecule has 1 heterocycles. The fourth-order valence-electron chi connectivity index (χ4n) is 3.35. The number of hydrogen-bond donors (Lipinski definition) is 1. The number of primary amides is 1. The minimum Gasteiger partial charge on any atom is -0.366 e. The number of rotatable bonds is 3. The highest BCUT2D eigenvalue weighted by atomic mass is 35.5. The Bertz CT molecular complexity index is 1230. The molecule has 3 nitrogen and oxygen atoms in total. The largest absolute Gasteiger partial charge is 0.366 e. The SMILES string of the molecule is NC(=O)c1cccc2c1c1ccc(Cl)cc1n2Cc1cc(F)c(F)cc1F. The van der Waals surface area contributed by atoms with Crippen LogP contribution < -0.4 is 5.73 Å². The van der Waals surface area contributed by atoms with Crippen LogP contribution in [0.25, 0.3) is 21.8 Å². The number of aromatic nitrogens is 1. The Balaban J connectivity index is 2.05. The monoisotopic (exact) mass is 388 g/mol. The lowest BCUT2D eigenvalue weighted by molar-refractivity contribution is 0.100. The van der Waals surface area contributed by atoms with Crippen molar-refractivity contribution in [2.24, 2.45) is 5.73 Å². The molecule has 136 valence electrons. The Morgan fingerprint density at radius 1 is 0.963 bits per heavy atom. The van der Waals surface area contributed by atoms with E-state index in [9.17, 15) is 18.0 Å². The van der Waals surface area contributed by atoms with Gasteiger partial charge in [0.25, 0.3) is 0 Å². The van der Waals surface area contributed by atoms with Crippen LogP contribution in [0, 0.1) is 17.5 Å². The molecular weight excluding hydrogens is 377 g/mol. The topological polar surface area (TPSA) is 48.0 Å². The predicted octanol–water partition coefficient (Wildman–Crippen LogP) is 5.01. The fourth-order valence-corrected chi connectivity index (χ4v) is 3.51. The Morgan fingerprint density at radius 2 is 1.70 bits per heavy atom. The van der Waals surface area contributed by atoms with E-state index in [1.54, 1.807) is 41.0 Å². The zero-order valence-corrected chi connectivity index (χ0v) is 14.5. The first-order chi connectivity index (χ1) is 12.9. The van der Waals surface area contributed by atoms with Crippen molar-refractivity contribution in [3.8, 4) is 0 Å². The molecule has 7 heteroatoms. The zero-order valence-electron chi connectivity index (χ0n) is 13.8. The number of carbonyl (C=O) groups is 1. The lowest BCUT2D eigenvalue weighted by atomic mass is 10.1. The second-order valence-corrected chi connectivity index (χ2v) is 6.61. The van der Waals surface area contributed by atoms with E-state index in [0.717, 1.165) is 6.07 Å². The fraction of sp³-hybridized carbons (Fsp3) is 0.0500. The highest BCUT2D eigenvalue weighted by molar-refractivity contribution is 6.32. The molecule has 1 aromatic heterocycles. The number of nitrogens with zero attached hydrogens (tertiary/aromatic N) is 1. The van der Waals surface area contributed by atoms with Gasteiger partial charge in [-0.3, -0.25) is 4.79 Å². The molecule has 0 aliphatic carbocycles. The van der Waals surface area contributed by atoms with Gasteiger partial charge in [0.05, 0.1) is 17.6 Å². The molecular formula is C20H12ClF3N2O. The van der Waals surface area contributed by atoms with Crippen molar-refractivity contribution in [3.05, 3.63) is 82.1 Å². The third kappa shape index (κ3) is 2.82. The number of nitrogens with two attached hydrogens (primary N) is 1. The Kier molecular flexibility index (Phi) is 4.08. The molecule has 1 amide bonds. The van der Waals surface area contributed by atoms with E-state index in [2.05, 4.69) is 0 Å². The average molecular weight is 389 g/mol. The maximum Gasteiger partial charge on any atom is 0.249 e. The predicted molar refractivity (Wildman–Crippen MR) is 98.4 cm³/mol. The van der Waals surface area contributed by atoms with Crippen LogP contribution in [0.4, 0.5) is 13.2 Å². The molecule has 0 aliphatic rings. The summed E-state index contributed by atoms with van der Waals surface area (Å²) in [5, 5.41) is 1.74. The van der Waals surface area contributed by atoms with Crippen LogP contribution in [-0.4, -0.2) is 10.5 Å². The van der Waals surface area contributed by atoms with E-state index >= 15 is 0 Å². The first kappa shape index (κ1) is 17.4. The van der Waals surface area contributed by atoms with E-state index in [-0.39, 0.29) is 12.1 Å². The number of benzene rings is 3. The second-order valence-electron chi connectivity index (χ2n) is 6.17. The molecule has 0 radical (unpaired) electrons. The third-order valence-electron chi connectivity index (χ3n) is 4.54. The summed E-state index contributed by atoms with van der Waals surface area (Å²) in [7, 11) is 0. The van der Waals surface area contributed by atoms with E-state index in [0.29, 0.717) is 38.5 Å². The van der Waals surface area contributed by atoms with Crippen LogP contribution in [0.5, 0.6) is 0 Å². The van der Waals surface area contributed by atoms with Gasteiger partial charge in [0.2, 0.25) is 5.91 Å². The van der Waals surface area contributed by atoms with Crippen molar-refractivity contribution >= 4 is 39.3 Å². The number of hydrogen-bond acceptors (Lipinski definition) is 1. The van der Waals surface area contributed by atoms with E-state index in [1.165, 1.54) is 0 Å². The summed E-state index contributed by atoms with van der Waals surface area (Å²) < 4.78 is 42.7. The third-order valence-corrected chi connectivity index (χ3v) is 4.77. The van der Waals surface area contributed by atoms with Crippen LogP contribution in [0.1, 0.15) is 15.9 Å². The molecule has 2 N–H and O–H groups in total. The smallest absolute Gasteiger partial charge is 0.249 e. The summed E-state index contributed by atoms with van der Waals surface area (Å²) in [6.07, 6.45) is 0. The molecule has 0 bridgehead atoms. The van der Waals surface area contributed by atoms with E-state index in [1.807, 2.05) is 0 Å². The van der Waals surface area contributed by atoms with Gasteiger partial charge in [0.15, 0.2) is 11.6 Å². The van der Waals surface area contributed by atoms with Crippen molar-refractivity contribution < 1.29 is 18.0 Å². The Hall–Kier alpha value is -2.99. The molecule has 0 fully saturated rings. The van der Waals surface area contributed by atoms with Crippen molar-refractivity contribution in [2.45, 2.75) is 6.54 Å². The standard InChI is InChI=1S/C20H12ClF3N2O/c21-11-4-5-12-18(7-11)26(9-10-6-15(23)16(24)8-14(10)22)17-3-1-2-13(19(12)17)20(25)27/h1-8H,9H2,(H2,25,27). The van der Waals surface area contributed by atoms with E-state index in [4.69, 9.17) is 17.3 Å². The lowest BCUT2D eigenvalue weighted by Crippen LogP contribution is -2.11. The summed E-state index contributed by atoms with van der Waals surface area (Å²) in [6, 6.07) is 11.4. The van der Waals surface area contributed by atoms with Gasteiger partial charge >= 0.3 is 0 Å². The highest BCUT2D eigenvalue weighted by Crippen LogP contribution is 2.34. The molecule has 0 atom stereocenters. The molecule has 27 heavy (non-hydrogen) atoms. The van der Waals surface area contributed by atoms with E-state index < -0.39 is 23.4 Å². The van der Waals surface area contributed by atoms with Crippen molar-refractivity contribution in [3.63, 3.8) is 0 Å². The number of halogens is 4. The molecule has 0 aliphatic heterocycles. The van der Waals surface area contributed by atoms with Crippen molar-refractivity contribution in [1.29, 1.82) is 0 Å². The first-order valence-corrected chi connectivity index (χ1v) is 8.38. The molecule has 0 spiro atoms. The zero-order chi connectivity index (χ0) is 19.3. The van der Waals surface area contributed by atoms with Gasteiger partial charge in [-0.25, -0.2) is 13.2 Å².